The largest absolute Gasteiger partial charge is 0.457 e. The summed E-state index contributed by atoms with van der Waals surface area (Å²) in [6, 6.07) is -2.67. The van der Waals surface area contributed by atoms with Crippen LogP contribution in [0, 0.1) is 5.92 Å². The molecule has 0 aliphatic carbocycles. The third kappa shape index (κ3) is 9.08. The van der Waals surface area contributed by atoms with Crippen LogP contribution in [0.4, 0.5) is 0 Å². The van der Waals surface area contributed by atoms with Crippen LogP contribution in [0.3, 0.4) is 0 Å². The Morgan fingerprint density at radius 1 is 1.14 bits per heavy atom. The second-order valence-electron chi connectivity index (χ2n) is 9.52. The molecule has 0 saturated carbocycles. The Labute approximate surface area is 224 Å². The summed E-state index contributed by atoms with van der Waals surface area (Å²) < 4.78 is 7.27. The van der Waals surface area contributed by atoms with E-state index in [2.05, 4.69) is 20.9 Å². The molecular weight excluding hydrogens is 518 g/mol. The average molecular weight is 554 g/mol. The van der Waals surface area contributed by atoms with Crippen LogP contribution in [0.1, 0.15) is 38.8 Å². The van der Waals surface area contributed by atoms with E-state index in [1.165, 1.54) is 10.8 Å². The van der Waals surface area contributed by atoms with Gasteiger partial charge in [-0.15, -0.1) is 0 Å². The van der Waals surface area contributed by atoms with Crippen LogP contribution in [-0.2, 0) is 37.4 Å². The lowest BCUT2D eigenvalue weighted by Gasteiger charge is -2.29. The Morgan fingerprint density at radius 2 is 1.92 bits per heavy atom. The van der Waals surface area contributed by atoms with Gasteiger partial charge in [0.1, 0.15) is 18.2 Å². The highest BCUT2D eigenvalue weighted by Crippen LogP contribution is 2.24. The Hall–Kier alpha value is -2.51. The maximum atomic E-state index is 13.4. The van der Waals surface area contributed by atoms with Crippen molar-refractivity contribution in [3.05, 3.63) is 30.4 Å². The van der Waals surface area contributed by atoms with Gasteiger partial charge < -0.3 is 30.4 Å². The molecule has 2 aliphatic heterocycles. The second-order valence-corrected chi connectivity index (χ2v) is 12.1. The van der Waals surface area contributed by atoms with E-state index < -0.39 is 54.0 Å². The molecule has 5 atom stereocenters. The summed E-state index contributed by atoms with van der Waals surface area (Å²) in [5, 5.41) is 19.1. The normalized spacial score (nSPS) is 29.7. The number of ether oxygens (including phenoxy) is 1. The van der Waals surface area contributed by atoms with Crippen molar-refractivity contribution in [1.82, 2.24) is 25.5 Å². The molecule has 4 N–H and O–H groups in total. The van der Waals surface area contributed by atoms with E-state index in [4.69, 9.17) is 4.74 Å². The molecule has 3 heterocycles. The van der Waals surface area contributed by atoms with Gasteiger partial charge in [-0.05, 0) is 18.4 Å². The number of nitrogens with one attached hydrogen (secondary N) is 3. The molecule has 13 heteroatoms. The molecule has 0 spiro atoms. The Kier molecular flexibility index (Phi) is 10.9. The quantitative estimate of drug-likeness (QED) is 0.238. The number of hydrogen-bond donors (Lipinski definition) is 4. The minimum Gasteiger partial charge on any atom is -0.457 e. The third-order valence-electron chi connectivity index (χ3n) is 5.98. The molecule has 2 bridgehead atoms. The van der Waals surface area contributed by atoms with E-state index >= 15 is 0 Å². The minimum atomic E-state index is -1.21. The maximum absolute atomic E-state index is 13.4. The topological polar surface area (TPSA) is 152 Å². The zero-order chi connectivity index (χ0) is 26.9. The van der Waals surface area contributed by atoms with Crippen molar-refractivity contribution in [2.45, 2.75) is 69.9 Å². The number of imidazole rings is 1. The number of aryl methyl sites for hydroxylation is 1. The van der Waals surface area contributed by atoms with Gasteiger partial charge in [0, 0.05) is 31.2 Å². The summed E-state index contributed by atoms with van der Waals surface area (Å²) in [7, 11) is 4.80. The maximum Gasteiger partial charge on any atom is 0.309 e. The SMILES string of the molecule is CC(C)[C@H]1NC(=O)[C@H]2CSSCC/C=C/[C@H](CC(=O)N[C@H](Cc3cn(C)cn3)C(=O)N2)OC(=O)C[C@@H]1O. The van der Waals surface area contributed by atoms with Crippen LogP contribution in [0.5, 0.6) is 0 Å². The smallest absolute Gasteiger partial charge is 0.309 e. The van der Waals surface area contributed by atoms with E-state index in [0.717, 1.165) is 5.75 Å². The van der Waals surface area contributed by atoms with Crippen LogP contribution in [0.25, 0.3) is 0 Å². The average Bonchev–Trinajstić information content (AvgIpc) is 3.22. The Morgan fingerprint density at radius 3 is 2.62 bits per heavy atom. The molecule has 2 aliphatic rings. The Balaban J connectivity index is 1.98. The van der Waals surface area contributed by atoms with Gasteiger partial charge in [0.2, 0.25) is 17.7 Å². The first-order valence-electron chi connectivity index (χ1n) is 12.3. The number of aliphatic hydroxyl groups excluding tert-OH is 1. The second kappa shape index (κ2) is 13.9. The molecule has 11 nitrogen and oxygen atoms in total. The molecule has 37 heavy (non-hydrogen) atoms. The van der Waals surface area contributed by atoms with Crippen LogP contribution in [0.15, 0.2) is 24.7 Å². The van der Waals surface area contributed by atoms with E-state index in [-0.39, 0.29) is 30.9 Å². The highest BCUT2D eigenvalue weighted by Gasteiger charge is 2.33. The molecule has 204 valence electrons. The fraction of sp³-hybridized carbons (Fsp3) is 0.625. The van der Waals surface area contributed by atoms with Crippen molar-refractivity contribution in [2.24, 2.45) is 13.0 Å². The highest BCUT2D eigenvalue weighted by atomic mass is 33.1. The number of hydrogen-bond acceptors (Lipinski definition) is 9. The molecule has 1 fully saturated rings. The number of fused-ring (bicyclic) bond motifs is 7. The molecule has 1 aromatic rings. The van der Waals surface area contributed by atoms with Gasteiger partial charge in [-0.3, -0.25) is 19.2 Å². The van der Waals surface area contributed by atoms with E-state index in [1.54, 1.807) is 41.0 Å². The van der Waals surface area contributed by atoms with E-state index in [1.807, 2.05) is 19.9 Å². The van der Waals surface area contributed by atoms with Crippen LogP contribution in [-0.4, -0.2) is 80.2 Å². The summed E-state index contributed by atoms with van der Waals surface area (Å²) in [4.78, 5) is 56.6. The molecule has 1 aromatic heterocycles. The molecule has 1 saturated heterocycles. The van der Waals surface area contributed by atoms with Gasteiger partial charge in [0.15, 0.2) is 0 Å². The summed E-state index contributed by atoms with van der Waals surface area (Å²) in [5.41, 5.74) is 0.593. The predicted molar refractivity (Wildman–Crippen MR) is 141 cm³/mol. The monoisotopic (exact) mass is 553 g/mol. The number of carbonyl (C=O) groups is 4. The number of carbonyl (C=O) groups excluding carboxylic acids is 4. The number of esters is 1. The van der Waals surface area contributed by atoms with Crippen molar-refractivity contribution < 1.29 is 29.0 Å². The zero-order valence-corrected chi connectivity index (χ0v) is 22.8. The third-order valence-corrected chi connectivity index (χ3v) is 8.43. The number of aromatic nitrogens is 2. The zero-order valence-electron chi connectivity index (χ0n) is 21.2. The fourth-order valence-corrected chi connectivity index (χ4v) is 6.21. The molecule has 3 rings (SSSR count). The molecular formula is C24H35N5O6S2. The van der Waals surface area contributed by atoms with Gasteiger partial charge in [-0.25, -0.2) is 4.98 Å². The van der Waals surface area contributed by atoms with Gasteiger partial charge >= 0.3 is 5.97 Å². The number of allylic oxidation sites excluding steroid dienone is 1. The van der Waals surface area contributed by atoms with E-state index in [9.17, 15) is 24.3 Å². The number of rotatable bonds is 3. The molecule has 3 amide bonds. The summed E-state index contributed by atoms with van der Waals surface area (Å²) in [6.07, 6.45) is 5.01. The molecule has 0 radical (unpaired) electrons. The van der Waals surface area contributed by atoms with Crippen molar-refractivity contribution in [2.75, 3.05) is 11.5 Å². The van der Waals surface area contributed by atoms with E-state index in [0.29, 0.717) is 12.1 Å². The lowest BCUT2D eigenvalue weighted by Crippen LogP contribution is -2.58. The molecule has 0 aromatic carbocycles. The van der Waals surface area contributed by atoms with Crippen LogP contribution < -0.4 is 16.0 Å². The van der Waals surface area contributed by atoms with Gasteiger partial charge in [0.25, 0.3) is 0 Å². The lowest BCUT2D eigenvalue weighted by atomic mass is 9.96. The minimum absolute atomic E-state index is 0.113. The summed E-state index contributed by atoms with van der Waals surface area (Å²) >= 11 is 0. The van der Waals surface area contributed by atoms with Crippen molar-refractivity contribution in [3.8, 4) is 0 Å². The first kappa shape index (κ1) is 29.1. The van der Waals surface area contributed by atoms with Crippen molar-refractivity contribution in [3.63, 3.8) is 0 Å². The standard InChI is InChI=1S/C24H35N5O6S2/c1-14(2)22-19(30)10-21(32)35-16-6-4-5-7-36-37-12-18(24(34)28-22)27-23(33)17(26-20(31)9-16)8-15-11-29(3)13-25-15/h4,6,11,13-14,16-19,22,30H,5,7-10,12H2,1-3H3,(H,26,31)(H,27,33)(H,28,34)/b6-4+/t16-,17-,18-,19+,22-/m1/s1. The number of amides is 3. The van der Waals surface area contributed by atoms with Crippen molar-refractivity contribution >= 4 is 45.3 Å². The van der Waals surface area contributed by atoms with Gasteiger partial charge in [-0.1, -0.05) is 41.5 Å². The fourth-order valence-electron chi connectivity index (χ4n) is 4.06. The predicted octanol–water partition coefficient (Wildman–Crippen LogP) is 0.481. The van der Waals surface area contributed by atoms with Crippen LogP contribution in [0.2, 0.25) is 0 Å². The number of nitrogens with zero attached hydrogens (tertiary/aromatic N) is 2. The number of aliphatic hydroxyl groups is 1. The van der Waals surface area contributed by atoms with Crippen LogP contribution >= 0.6 is 21.6 Å². The first-order chi connectivity index (χ1) is 17.6. The van der Waals surface area contributed by atoms with Gasteiger partial charge in [0.05, 0.1) is 37.0 Å². The lowest BCUT2D eigenvalue weighted by molar-refractivity contribution is -0.151. The first-order valence-corrected chi connectivity index (χ1v) is 14.8. The Bertz CT molecular complexity index is 1000. The van der Waals surface area contributed by atoms with Crippen molar-refractivity contribution in [1.29, 1.82) is 0 Å². The summed E-state index contributed by atoms with van der Waals surface area (Å²) in [6.45, 7) is 3.64. The van der Waals surface area contributed by atoms with Gasteiger partial charge in [-0.2, -0.15) is 0 Å². The molecule has 0 unspecified atom stereocenters. The summed E-state index contributed by atoms with van der Waals surface area (Å²) in [5.74, 6) is -1.37. The highest BCUT2D eigenvalue weighted by molar-refractivity contribution is 8.76.